The van der Waals surface area contributed by atoms with Gasteiger partial charge in [-0.15, -0.1) is 11.3 Å². The van der Waals surface area contributed by atoms with Crippen molar-refractivity contribution in [3.63, 3.8) is 0 Å². The summed E-state index contributed by atoms with van der Waals surface area (Å²) in [5.41, 5.74) is 0.566. The van der Waals surface area contributed by atoms with Crippen LogP contribution >= 0.6 is 23.1 Å². The van der Waals surface area contributed by atoms with Crippen molar-refractivity contribution in [3.8, 4) is 11.5 Å². The summed E-state index contributed by atoms with van der Waals surface area (Å²) in [6.45, 7) is 0.188. The van der Waals surface area contributed by atoms with Crippen LogP contribution in [0.1, 0.15) is 11.3 Å². The fourth-order valence-electron chi connectivity index (χ4n) is 2.61. The van der Waals surface area contributed by atoms with Crippen LogP contribution in [0.25, 0.3) is 6.08 Å². The largest absolute Gasteiger partial charge is 0.454 e. The smallest absolute Gasteiger partial charge is 0.293 e. The number of amides is 3. The molecular weight excluding hydrogens is 388 g/mol. The zero-order valence-electron chi connectivity index (χ0n) is 14.0. The highest BCUT2D eigenvalue weighted by Gasteiger charge is 2.35. The summed E-state index contributed by atoms with van der Waals surface area (Å²) in [6.07, 6.45) is 1.71. The second-order valence-electron chi connectivity index (χ2n) is 5.71. The van der Waals surface area contributed by atoms with E-state index in [4.69, 9.17) is 9.47 Å². The topological polar surface area (TPSA) is 84.9 Å². The third-order valence-corrected chi connectivity index (χ3v) is 5.64. The highest BCUT2D eigenvalue weighted by molar-refractivity contribution is 8.18. The molecule has 1 saturated heterocycles. The van der Waals surface area contributed by atoms with Gasteiger partial charge in [0.1, 0.15) is 0 Å². The lowest BCUT2D eigenvalue weighted by Gasteiger charge is -2.12. The number of anilines is 1. The lowest BCUT2D eigenvalue weighted by Crippen LogP contribution is -2.31. The fourth-order valence-corrected chi connectivity index (χ4v) is 4.19. The first kappa shape index (κ1) is 17.6. The molecule has 1 fully saturated rings. The van der Waals surface area contributed by atoms with E-state index in [9.17, 15) is 14.4 Å². The summed E-state index contributed by atoms with van der Waals surface area (Å²) >= 11 is 2.38. The van der Waals surface area contributed by atoms with Gasteiger partial charge in [0.2, 0.25) is 12.7 Å². The summed E-state index contributed by atoms with van der Waals surface area (Å²) in [6, 6.07) is 8.84. The normalized spacial score (nSPS) is 17.0. The number of imide groups is 1. The highest BCUT2D eigenvalue weighted by Crippen LogP contribution is 2.35. The van der Waals surface area contributed by atoms with Crippen molar-refractivity contribution >= 4 is 51.9 Å². The molecule has 0 spiro atoms. The Morgan fingerprint density at radius 1 is 1.22 bits per heavy atom. The van der Waals surface area contributed by atoms with E-state index in [0.717, 1.165) is 21.5 Å². The number of nitrogens with zero attached hydrogens (tertiary/aromatic N) is 1. The van der Waals surface area contributed by atoms with Gasteiger partial charge in [-0.2, -0.15) is 0 Å². The standard InChI is InChI=1S/C18H14N2O5S2/c21-16(19-11-3-4-13-14(8-11)25-10-24-13)5-6-20-17(22)15(27-18(20)23)9-12-2-1-7-26-12/h1-4,7-9H,5-6,10H2,(H,19,21)/b15-9-. The van der Waals surface area contributed by atoms with Gasteiger partial charge in [-0.3, -0.25) is 19.3 Å². The Labute approximate surface area is 162 Å². The quantitative estimate of drug-likeness (QED) is 0.770. The third kappa shape index (κ3) is 3.83. The van der Waals surface area contributed by atoms with E-state index in [1.807, 2.05) is 17.5 Å². The van der Waals surface area contributed by atoms with E-state index < -0.39 is 0 Å². The average molecular weight is 402 g/mol. The molecular formula is C18H14N2O5S2. The van der Waals surface area contributed by atoms with Gasteiger partial charge < -0.3 is 14.8 Å². The number of hydrogen-bond acceptors (Lipinski definition) is 7. The monoisotopic (exact) mass is 402 g/mol. The van der Waals surface area contributed by atoms with Gasteiger partial charge in [0.05, 0.1) is 4.91 Å². The third-order valence-electron chi connectivity index (χ3n) is 3.91. The first-order valence-electron chi connectivity index (χ1n) is 8.08. The van der Waals surface area contributed by atoms with E-state index in [2.05, 4.69) is 5.32 Å². The zero-order chi connectivity index (χ0) is 18.8. The molecule has 0 atom stereocenters. The number of carbonyl (C=O) groups is 3. The molecule has 0 unspecified atom stereocenters. The number of carbonyl (C=O) groups excluding carboxylic acids is 3. The Morgan fingerprint density at radius 3 is 2.89 bits per heavy atom. The minimum atomic E-state index is -0.366. The van der Waals surface area contributed by atoms with Crippen LogP contribution in [0.15, 0.2) is 40.6 Å². The molecule has 0 radical (unpaired) electrons. The summed E-state index contributed by atoms with van der Waals surface area (Å²) in [4.78, 5) is 39.0. The van der Waals surface area contributed by atoms with Crippen LogP contribution in [-0.2, 0) is 9.59 Å². The maximum atomic E-state index is 12.4. The molecule has 3 amide bonds. The predicted octanol–water partition coefficient (Wildman–Crippen LogP) is 3.54. The summed E-state index contributed by atoms with van der Waals surface area (Å²) in [5.74, 6) is 0.533. The molecule has 0 aliphatic carbocycles. The van der Waals surface area contributed by atoms with Crippen LogP contribution in [0.3, 0.4) is 0 Å². The molecule has 3 heterocycles. The predicted molar refractivity (Wildman–Crippen MR) is 103 cm³/mol. The molecule has 27 heavy (non-hydrogen) atoms. The first-order chi connectivity index (χ1) is 13.1. The Hall–Kier alpha value is -2.78. The maximum Gasteiger partial charge on any atom is 0.293 e. The molecule has 1 aromatic carbocycles. The van der Waals surface area contributed by atoms with E-state index in [1.54, 1.807) is 24.3 Å². The summed E-state index contributed by atoms with van der Waals surface area (Å²) < 4.78 is 10.5. The van der Waals surface area contributed by atoms with Crippen LogP contribution in [0, 0.1) is 0 Å². The van der Waals surface area contributed by atoms with Crippen LogP contribution in [0.4, 0.5) is 10.5 Å². The van der Waals surface area contributed by atoms with Gasteiger partial charge in [0.25, 0.3) is 11.1 Å². The lowest BCUT2D eigenvalue weighted by atomic mass is 10.2. The van der Waals surface area contributed by atoms with Crippen LogP contribution < -0.4 is 14.8 Å². The van der Waals surface area contributed by atoms with Crippen LogP contribution in [-0.4, -0.2) is 35.3 Å². The van der Waals surface area contributed by atoms with Gasteiger partial charge in [-0.05, 0) is 41.4 Å². The fraction of sp³-hybridized carbons (Fsp3) is 0.167. The number of hydrogen-bond donors (Lipinski definition) is 1. The Morgan fingerprint density at radius 2 is 2.07 bits per heavy atom. The van der Waals surface area contributed by atoms with Crippen molar-refractivity contribution in [2.24, 2.45) is 0 Å². The van der Waals surface area contributed by atoms with Crippen molar-refractivity contribution < 1.29 is 23.9 Å². The van der Waals surface area contributed by atoms with Gasteiger partial charge in [-0.1, -0.05) is 6.07 Å². The molecule has 0 saturated carbocycles. The summed E-state index contributed by atoms with van der Waals surface area (Å²) in [7, 11) is 0. The molecule has 2 aromatic rings. The zero-order valence-corrected chi connectivity index (χ0v) is 15.6. The van der Waals surface area contributed by atoms with Gasteiger partial charge in [0, 0.05) is 29.6 Å². The number of thiophene rings is 1. The second-order valence-corrected chi connectivity index (χ2v) is 7.69. The van der Waals surface area contributed by atoms with E-state index in [0.29, 0.717) is 22.1 Å². The molecule has 0 bridgehead atoms. The van der Waals surface area contributed by atoms with Crippen LogP contribution in [0.2, 0.25) is 0 Å². The molecule has 9 heteroatoms. The Bertz CT molecular complexity index is 939. The number of fused-ring (bicyclic) bond motifs is 1. The van der Waals surface area contributed by atoms with E-state index in [-0.39, 0.29) is 36.8 Å². The van der Waals surface area contributed by atoms with Gasteiger partial charge in [0.15, 0.2) is 11.5 Å². The molecule has 2 aliphatic rings. The first-order valence-corrected chi connectivity index (χ1v) is 9.78. The molecule has 1 N–H and O–H groups in total. The molecule has 4 rings (SSSR count). The molecule has 7 nitrogen and oxygen atoms in total. The van der Waals surface area contributed by atoms with Gasteiger partial charge >= 0.3 is 0 Å². The van der Waals surface area contributed by atoms with Crippen LogP contribution in [0.5, 0.6) is 11.5 Å². The number of ether oxygens (including phenoxy) is 2. The molecule has 2 aliphatic heterocycles. The molecule has 138 valence electrons. The van der Waals surface area contributed by atoms with Crippen molar-refractivity contribution in [1.29, 1.82) is 0 Å². The molecule has 1 aromatic heterocycles. The average Bonchev–Trinajstić information content (AvgIpc) is 3.36. The Balaban J connectivity index is 1.35. The maximum absolute atomic E-state index is 12.4. The van der Waals surface area contributed by atoms with Gasteiger partial charge in [-0.25, -0.2) is 0 Å². The summed E-state index contributed by atoms with van der Waals surface area (Å²) in [5, 5.41) is 4.27. The van der Waals surface area contributed by atoms with Crippen molar-refractivity contribution in [3.05, 3.63) is 45.5 Å². The second kappa shape index (κ2) is 7.45. The SMILES string of the molecule is O=C(CCN1C(=O)S/C(=C\c2cccs2)C1=O)Nc1ccc2c(c1)OCO2. The number of nitrogens with one attached hydrogen (secondary N) is 1. The number of thioether (sulfide) groups is 1. The Kier molecular flexibility index (Phi) is 4.87. The minimum absolute atomic E-state index is 0.0127. The number of rotatable bonds is 5. The van der Waals surface area contributed by atoms with E-state index >= 15 is 0 Å². The van der Waals surface area contributed by atoms with Crippen molar-refractivity contribution in [1.82, 2.24) is 4.90 Å². The van der Waals surface area contributed by atoms with Crippen molar-refractivity contribution in [2.45, 2.75) is 6.42 Å². The number of benzene rings is 1. The lowest BCUT2D eigenvalue weighted by molar-refractivity contribution is -0.123. The van der Waals surface area contributed by atoms with E-state index in [1.165, 1.54) is 11.3 Å². The van der Waals surface area contributed by atoms with Crippen molar-refractivity contribution in [2.75, 3.05) is 18.7 Å². The minimum Gasteiger partial charge on any atom is -0.454 e. The highest BCUT2D eigenvalue weighted by atomic mass is 32.2.